The Balaban J connectivity index is 2.09. The number of carbonyl (C=O) groups excluding carboxylic acids is 2. The first kappa shape index (κ1) is 19.3. The van der Waals surface area contributed by atoms with Crippen LogP contribution >= 0.6 is 11.6 Å². The van der Waals surface area contributed by atoms with E-state index in [2.05, 4.69) is 10.6 Å². The maximum atomic E-state index is 12.4. The number of aliphatic carboxylic acids is 1. The first-order valence-corrected chi connectivity index (χ1v) is 8.05. The molecule has 0 aliphatic rings. The molecular weight excluding hydrogens is 360 g/mol. The summed E-state index contributed by atoms with van der Waals surface area (Å²) < 4.78 is 0. The monoisotopic (exact) mass is 376 g/mol. The van der Waals surface area contributed by atoms with E-state index in [1.54, 1.807) is 25.1 Å². The van der Waals surface area contributed by atoms with Crippen LogP contribution in [0.4, 0.5) is 0 Å². The van der Waals surface area contributed by atoms with E-state index in [-0.39, 0.29) is 27.9 Å². The molecule has 0 aliphatic heterocycles. The quantitative estimate of drug-likeness (QED) is 0.617. The molecule has 7 nitrogen and oxygen atoms in total. The molecule has 2 rings (SSSR count). The largest absolute Gasteiger partial charge is 0.508 e. The number of hydrogen-bond donors (Lipinski definition) is 4. The molecule has 0 aromatic heterocycles. The summed E-state index contributed by atoms with van der Waals surface area (Å²) in [5, 5.41) is 23.1. The molecule has 4 N–H and O–H groups in total. The third-order valence-electron chi connectivity index (χ3n) is 3.59. The van der Waals surface area contributed by atoms with Crippen LogP contribution in [0.1, 0.15) is 39.2 Å². The number of aromatic hydroxyl groups is 1. The van der Waals surface area contributed by atoms with Crippen LogP contribution in [0.3, 0.4) is 0 Å². The SMILES string of the molecule is CC(NC(=O)c1ccc(C(=O)NCC(=O)O)c(Cl)c1)c1cccc(O)c1. The number of rotatable bonds is 6. The highest BCUT2D eigenvalue weighted by atomic mass is 35.5. The fraction of sp³-hybridized carbons (Fsp3) is 0.167. The van der Waals surface area contributed by atoms with Gasteiger partial charge in [-0.15, -0.1) is 0 Å². The molecular formula is C18H17ClN2O5. The van der Waals surface area contributed by atoms with E-state index in [9.17, 15) is 19.5 Å². The van der Waals surface area contributed by atoms with E-state index in [1.165, 1.54) is 24.3 Å². The molecule has 0 spiro atoms. The second-order valence-electron chi connectivity index (χ2n) is 5.56. The van der Waals surface area contributed by atoms with Crippen molar-refractivity contribution < 1.29 is 24.6 Å². The second-order valence-corrected chi connectivity index (χ2v) is 5.97. The molecule has 2 aromatic carbocycles. The summed E-state index contributed by atoms with van der Waals surface area (Å²) in [5.74, 6) is -2.12. The summed E-state index contributed by atoms with van der Waals surface area (Å²) in [6.07, 6.45) is 0. The van der Waals surface area contributed by atoms with Crippen LogP contribution in [0.25, 0.3) is 0 Å². The lowest BCUT2D eigenvalue weighted by molar-refractivity contribution is -0.135. The average molecular weight is 377 g/mol. The summed E-state index contributed by atoms with van der Waals surface area (Å²) in [5.41, 5.74) is 1.05. The number of nitrogens with one attached hydrogen (secondary N) is 2. The number of hydrogen-bond acceptors (Lipinski definition) is 4. The predicted octanol–water partition coefficient (Wildman–Crippen LogP) is 2.35. The second kappa shape index (κ2) is 8.35. The summed E-state index contributed by atoms with van der Waals surface area (Å²) in [4.78, 5) is 34.7. The summed E-state index contributed by atoms with van der Waals surface area (Å²) in [7, 11) is 0. The minimum atomic E-state index is -1.17. The van der Waals surface area contributed by atoms with Gasteiger partial charge in [0.15, 0.2) is 0 Å². The number of carboxylic acids is 1. The Bertz CT molecular complexity index is 853. The van der Waals surface area contributed by atoms with Crippen molar-refractivity contribution in [3.8, 4) is 5.75 Å². The number of phenols is 1. The molecule has 0 bridgehead atoms. The Morgan fingerprint density at radius 1 is 1.12 bits per heavy atom. The zero-order valence-electron chi connectivity index (χ0n) is 13.8. The fourth-order valence-electron chi connectivity index (χ4n) is 2.25. The lowest BCUT2D eigenvalue weighted by Gasteiger charge is -2.15. The van der Waals surface area contributed by atoms with Gasteiger partial charge in [-0.05, 0) is 42.8 Å². The van der Waals surface area contributed by atoms with Gasteiger partial charge in [0.05, 0.1) is 16.6 Å². The van der Waals surface area contributed by atoms with Crippen LogP contribution in [0.2, 0.25) is 5.02 Å². The molecule has 1 atom stereocenters. The average Bonchev–Trinajstić information content (AvgIpc) is 2.59. The Morgan fingerprint density at radius 3 is 2.46 bits per heavy atom. The number of carboxylic acid groups (broad SMARTS) is 1. The molecule has 0 saturated heterocycles. The topological polar surface area (TPSA) is 116 Å². The van der Waals surface area contributed by atoms with Crippen LogP contribution in [0.5, 0.6) is 5.75 Å². The Kier molecular flexibility index (Phi) is 6.19. The zero-order valence-corrected chi connectivity index (χ0v) is 14.6. The van der Waals surface area contributed by atoms with Crippen molar-refractivity contribution in [3.63, 3.8) is 0 Å². The van der Waals surface area contributed by atoms with Gasteiger partial charge in [0, 0.05) is 5.56 Å². The van der Waals surface area contributed by atoms with Gasteiger partial charge in [0.1, 0.15) is 12.3 Å². The number of benzene rings is 2. The molecule has 0 radical (unpaired) electrons. The molecule has 8 heteroatoms. The number of phenolic OH excluding ortho intramolecular Hbond substituents is 1. The van der Waals surface area contributed by atoms with Crippen molar-refractivity contribution in [2.75, 3.05) is 6.54 Å². The van der Waals surface area contributed by atoms with E-state index in [0.717, 1.165) is 5.56 Å². The van der Waals surface area contributed by atoms with Gasteiger partial charge >= 0.3 is 5.97 Å². The van der Waals surface area contributed by atoms with Crippen LogP contribution in [-0.2, 0) is 4.79 Å². The molecule has 136 valence electrons. The van der Waals surface area contributed by atoms with E-state index < -0.39 is 24.3 Å². The van der Waals surface area contributed by atoms with E-state index in [1.807, 2.05) is 0 Å². The number of carbonyl (C=O) groups is 3. The van der Waals surface area contributed by atoms with E-state index >= 15 is 0 Å². The predicted molar refractivity (Wildman–Crippen MR) is 95.4 cm³/mol. The summed E-state index contributed by atoms with van der Waals surface area (Å²) in [6.45, 7) is 1.24. The normalized spacial score (nSPS) is 11.5. The van der Waals surface area contributed by atoms with Crippen LogP contribution < -0.4 is 10.6 Å². The maximum absolute atomic E-state index is 12.4. The van der Waals surface area contributed by atoms with Gasteiger partial charge in [-0.2, -0.15) is 0 Å². The van der Waals surface area contributed by atoms with Gasteiger partial charge in [-0.3, -0.25) is 14.4 Å². The first-order chi connectivity index (χ1) is 12.3. The van der Waals surface area contributed by atoms with Crippen molar-refractivity contribution in [2.45, 2.75) is 13.0 Å². The Labute approximate surface area is 154 Å². The lowest BCUT2D eigenvalue weighted by Crippen LogP contribution is -2.30. The lowest BCUT2D eigenvalue weighted by atomic mass is 10.1. The Morgan fingerprint density at radius 2 is 1.85 bits per heavy atom. The third kappa shape index (κ3) is 4.97. The van der Waals surface area contributed by atoms with Crippen LogP contribution in [0.15, 0.2) is 42.5 Å². The van der Waals surface area contributed by atoms with E-state index in [4.69, 9.17) is 16.7 Å². The molecule has 1 unspecified atom stereocenters. The minimum absolute atomic E-state index is 0.0329. The van der Waals surface area contributed by atoms with Gasteiger partial charge < -0.3 is 20.8 Å². The van der Waals surface area contributed by atoms with Crippen molar-refractivity contribution in [1.82, 2.24) is 10.6 Å². The minimum Gasteiger partial charge on any atom is -0.508 e. The van der Waals surface area contributed by atoms with Crippen molar-refractivity contribution in [3.05, 3.63) is 64.2 Å². The zero-order chi connectivity index (χ0) is 19.3. The standard InChI is InChI=1S/C18H17ClN2O5/c1-10(11-3-2-4-13(22)7-11)21-17(25)12-5-6-14(15(19)8-12)18(26)20-9-16(23)24/h2-8,10,22H,9H2,1H3,(H,20,26)(H,21,25)(H,23,24). The smallest absolute Gasteiger partial charge is 0.322 e. The molecule has 2 aromatic rings. The fourth-order valence-corrected chi connectivity index (χ4v) is 2.52. The Hall–Kier alpha value is -3.06. The van der Waals surface area contributed by atoms with Crippen LogP contribution in [0, 0.1) is 0 Å². The molecule has 0 fully saturated rings. The maximum Gasteiger partial charge on any atom is 0.322 e. The summed E-state index contributed by atoms with van der Waals surface area (Å²) in [6, 6.07) is 10.3. The molecule has 0 heterocycles. The molecule has 2 amide bonds. The van der Waals surface area contributed by atoms with Gasteiger partial charge in [0.25, 0.3) is 11.8 Å². The van der Waals surface area contributed by atoms with Crippen molar-refractivity contribution in [2.24, 2.45) is 0 Å². The number of amides is 2. The van der Waals surface area contributed by atoms with Gasteiger partial charge in [-0.25, -0.2) is 0 Å². The third-order valence-corrected chi connectivity index (χ3v) is 3.91. The highest BCUT2D eigenvalue weighted by Crippen LogP contribution is 2.20. The molecule has 26 heavy (non-hydrogen) atoms. The molecule has 0 aliphatic carbocycles. The first-order valence-electron chi connectivity index (χ1n) is 7.67. The van der Waals surface area contributed by atoms with Crippen molar-refractivity contribution in [1.29, 1.82) is 0 Å². The number of halogens is 1. The van der Waals surface area contributed by atoms with Gasteiger partial charge in [0.2, 0.25) is 0 Å². The van der Waals surface area contributed by atoms with E-state index in [0.29, 0.717) is 0 Å². The molecule has 0 saturated carbocycles. The van der Waals surface area contributed by atoms with Crippen molar-refractivity contribution >= 4 is 29.4 Å². The van der Waals surface area contributed by atoms with Crippen LogP contribution in [-0.4, -0.2) is 34.5 Å². The summed E-state index contributed by atoms with van der Waals surface area (Å²) >= 11 is 6.04. The highest BCUT2D eigenvalue weighted by Gasteiger charge is 2.16. The highest BCUT2D eigenvalue weighted by molar-refractivity contribution is 6.34. The van der Waals surface area contributed by atoms with Gasteiger partial charge in [-0.1, -0.05) is 23.7 Å².